The second-order valence-electron chi connectivity index (χ2n) is 6.60. The highest BCUT2D eigenvalue weighted by atomic mass is 16.5. The first-order valence-corrected chi connectivity index (χ1v) is 9.28. The number of carbonyl (C=O) groups is 4. The van der Waals surface area contributed by atoms with Crippen LogP contribution in [0.1, 0.15) is 33.6 Å². The largest absolute Gasteiger partial charge is 0.497 e. The number of urea groups is 1. The van der Waals surface area contributed by atoms with Gasteiger partial charge in [-0.2, -0.15) is 0 Å². The van der Waals surface area contributed by atoms with Crippen LogP contribution in [-0.2, 0) is 9.53 Å². The van der Waals surface area contributed by atoms with Crippen LogP contribution in [0.3, 0.4) is 0 Å². The Labute approximate surface area is 172 Å². The lowest BCUT2D eigenvalue weighted by Gasteiger charge is -2.11. The number of nitrogens with one attached hydrogen (secondary N) is 3. The van der Waals surface area contributed by atoms with Gasteiger partial charge in [0.1, 0.15) is 5.75 Å². The molecule has 3 rings (SSSR count). The maximum atomic E-state index is 12.5. The molecule has 0 saturated heterocycles. The van der Waals surface area contributed by atoms with E-state index in [0.717, 1.165) is 12.8 Å². The summed E-state index contributed by atoms with van der Waals surface area (Å²) in [6.45, 7) is -0.627. The first kappa shape index (κ1) is 20.8. The third kappa shape index (κ3) is 5.81. The number of esters is 1. The third-order valence-corrected chi connectivity index (χ3v) is 4.25. The predicted molar refractivity (Wildman–Crippen MR) is 107 cm³/mol. The van der Waals surface area contributed by atoms with E-state index in [-0.39, 0.29) is 17.3 Å². The van der Waals surface area contributed by atoms with Gasteiger partial charge in [-0.25, -0.2) is 9.59 Å². The van der Waals surface area contributed by atoms with Crippen LogP contribution >= 0.6 is 0 Å². The molecule has 0 spiro atoms. The molecule has 0 heterocycles. The predicted octanol–water partition coefficient (Wildman–Crippen LogP) is 2.09. The van der Waals surface area contributed by atoms with Gasteiger partial charge in [0.05, 0.1) is 18.4 Å². The molecule has 30 heavy (non-hydrogen) atoms. The molecule has 9 heteroatoms. The summed E-state index contributed by atoms with van der Waals surface area (Å²) in [5.41, 5.74) is 0.685. The molecule has 156 valence electrons. The Kier molecular flexibility index (Phi) is 6.63. The van der Waals surface area contributed by atoms with Gasteiger partial charge in [0.25, 0.3) is 11.8 Å². The maximum Gasteiger partial charge on any atom is 0.340 e. The number of imide groups is 1. The SMILES string of the molecule is COc1ccc(C(=O)Nc2ccccc2C(=O)OCC(=O)NC(=O)NC2CC2)cc1. The second kappa shape index (κ2) is 9.55. The minimum Gasteiger partial charge on any atom is -0.497 e. The lowest BCUT2D eigenvalue weighted by atomic mass is 10.1. The van der Waals surface area contributed by atoms with Crippen molar-refractivity contribution in [1.29, 1.82) is 0 Å². The number of ether oxygens (including phenoxy) is 2. The Morgan fingerprint density at radius 2 is 1.70 bits per heavy atom. The molecular weight excluding hydrogens is 390 g/mol. The smallest absolute Gasteiger partial charge is 0.340 e. The van der Waals surface area contributed by atoms with E-state index in [0.29, 0.717) is 11.3 Å². The molecule has 1 fully saturated rings. The van der Waals surface area contributed by atoms with E-state index in [1.165, 1.54) is 13.2 Å². The lowest BCUT2D eigenvalue weighted by Crippen LogP contribution is -2.42. The quantitative estimate of drug-likeness (QED) is 0.600. The van der Waals surface area contributed by atoms with E-state index in [4.69, 9.17) is 9.47 Å². The minimum atomic E-state index is -0.807. The Morgan fingerprint density at radius 1 is 1.00 bits per heavy atom. The third-order valence-electron chi connectivity index (χ3n) is 4.25. The van der Waals surface area contributed by atoms with E-state index in [9.17, 15) is 19.2 Å². The summed E-state index contributed by atoms with van der Waals surface area (Å²) in [7, 11) is 1.52. The van der Waals surface area contributed by atoms with Crippen molar-refractivity contribution >= 4 is 29.5 Å². The molecule has 0 aromatic heterocycles. The van der Waals surface area contributed by atoms with Gasteiger partial charge in [-0.3, -0.25) is 14.9 Å². The van der Waals surface area contributed by atoms with Crippen LogP contribution in [0, 0.1) is 0 Å². The standard InChI is InChI=1S/C21H21N3O6/c1-29-15-10-6-13(7-11-15)19(26)23-17-5-3-2-4-16(17)20(27)30-12-18(25)24-21(28)22-14-8-9-14/h2-7,10-11,14H,8-9,12H2,1H3,(H,23,26)(H2,22,24,25,28). The summed E-state index contributed by atoms with van der Waals surface area (Å²) < 4.78 is 10.0. The first-order valence-electron chi connectivity index (χ1n) is 9.28. The second-order valence-corrected chi connectivity index (χ2v) is 6.60. The molecule has 4 amide bonds. The average Bonchev–Trinajstić information content (AvgIpc) is 3.56. The first-order chi connectivity index (χ1) is 14.5. The molecule has 2 aromatic carbocycles. The maximum absolute atomic E-state index is 12.5. The van der Waals surface area contributed by atoms with Crippen molar-refractivity contribution in [3.63, 3.8) is 0 Å². The van der Waals surface area contributed by atoms with Crippen molar-refractivity contribution in [2.45, 2.75) is 18.9 Å². The summed E-state index contributed by atoms with van der Waals surface area (Å²) in [6.07, 6.45) is 1.77. The Bertz CT molecular complexity index is 953. The van der Waals surface area contributed by atoms with Crippen LogP contribution in [0.2, 0.25) is 0 Å². The summed E-state index contributed by atoms with van der Waals surface area (Å²) >= 11 is 0. The van der Waals surface area contributed by atoms with Gasteiger partial charge < -0.3 is 20.1 Å². The van der Waals surface area contributed by atoms with Crippen LogP contribution < -0.4 is 20.7 Å². The summed E-state index contributed by atoms with van der Waals surface area (Å²) in [5, 5.41) is 7.33. The van der Waals surface area contributed by atoms with Gasteiger partial charge in [0.15, 0.2) is 6.61 Å². The number of carbonyl (C=O) groups excluding carboxylic acids is 4. The van der Waals surface area contributed by atoms with Gasteiger partial charge in [0.2, 0.25) is 0 Å². The number of para-hydroxylation sites is 1. The highest BCUT2D eigenvalue weighted by Gasteiger charge is 2.24. The molecule has 0 radical (unpaired) electrons. The lowest BCUT2D eigenvalue weighted by molar-refractivity contribution is -0.123. The van der Waals surface area contributed by atoms with E-state index >= 15 is 0 Å². The van der Waals surface area contributed by atoms with Crippen LogP contribution in [0.15, 0.2) is 48.5 Å². The summed E-state index contributed by atoms with van der Waals surface area (Å²) in [4.78, 5) is 48.1. The fourth-order valence-corrected chi connectivity index (χ4v) is 2.53. The Morgan fingerprint density at radius 3 is 2.37 bits per heavy atom. The van der Waals surface area contributed by atoms with Crippen molar-refractivity contribution in [1.82, 2.24) is 10.6 Å². The number of anilines is 1. The van der Waals surface area contributed by atoms with Crippen molar-refractivity contribution < 1.29 is 28.7 Å². The summed E-state index contributed by atoms with van der Waals surface area (Å²) in [6, 6.07) is 12.2. The van der Waals surface area contributed by atoms with Crippen LogP contribution in [0.5, 0.6) is 5.75 Å². The Balaban J connectivity index is 1.57. The average molecular weight is 411 g/mol. The van der Waals surface area contributed by atoms with Gasteiger partial charge in [-0.15, -0.1) is 0 Å². The van der Waals surface area contributed by atoms with Crippen molar-refractivity contribution in [2.24, 2.45) is 0 Å². The van der Waals surface area contributed by atoms with Gasteiger partial charge >= 0.3 is 12.0 Å². The number of methoxy groups -OCH3 is 1. The zero-order valence-electron chi connectivity index (χ0n) is 16.3. The molecule has 2 aromatic rings. The van der Waals surface area contributed by atoms with Crippen LogP contribution in [0.4, 0.5) is 10.5 Å². The molecule has 0 atom stereocenters. The number of hydrogen-bond donors (Lipinski definition) is 3. The van der Waals surface area contributed by atoms with E-state index < -0.39 is 30.4 Å². The molecular formula is C21H21N3O6. The van der Waals surface area contributed by atoms with Gasteiger partial charge in [0, 0.05) is 11.6 Å². The van der Waals surface area contributed by atoms with Crippen molar-refractivity contribution in [2.75, 3.05) is 19.0 Å². The fourth-order valence-electron chi connectivity index (χ4n) is 2.53. The number of hydrogen-bond acceptors (Lipinski definition) is 6. The van der Waals surface area contributed by atoms with E-state index in [1.54, 1.807) is 42.5 Å². The normalized spacial score (nSPS) is 12.4. The van der Waals surface area contributed by atoms with Gasteiger partial charge in [-0.1, -0.05) is 12.1 Å². The molecule has 1 saturated carbocycles. The molecule has 3 N–H and O–H groups in total. The number of rotatable bonds is 7. The van der Waals surface area contributed by atoms with Crippen LogP contribution in [0.25, 0.3) is 0 Å². The monoisotopic (exact) mass is 411 g/mol. The zero-order chi connectivity index (χ0) is 21.5. The number of benzene rings is 2. The Hall–Kier alpha value is -3.88. The molecule has 0 aliphatic heterocycles. The van der Waals surface area contributed by atoms with Crippen LogP contribution in [-0.4, -0.2) is 43.6 Å². The molecule has 9 nitrogen and oxygen atoms in total. The fraction of sp³-hybridized carbons (Fsp3) is 0.238. The molecule has 1 aliphatic rings. The highest BCUT2D eigenvalue weighted by molar-refractivity contribution is 6.08. The summed E-state index contributed by atoms with van der Waals surface area (Å²) in [5.74, 6) is -1.37. The molecule has 0 bridgehead atoms. The molecule has 0 unspecified atom stereocenters. The number of amides is 4. The van der Waals surface area contributed by atoms with Crippen molar-refractivity contribution in [3.8, 4) is 5.75 Å². The topological polar surface area (TPSA) is 123 Å². The zero-order valence-corrected chi connectivity index (χ0v) is 16.3. The molecule has 1 aliphatic carbocycles. The minimum absolute atomic E-state index is 0.0783. The van der Waals surface area contributed by atoms with E-state index in [2.05, 4.69) is 16.0 Å². The van der Waals surface area contributed by atoms with Crippen molar-refractivity contribution in [3.05, 3.63) is 59.7 Å². The van der Waals surface area contributed by atoms with Gasteiger partial charge in [-0.05, 0) is 49.2 Å². The highest BCUT2D eigenvalue weighted by Crippen LogP contribution is 2.19. The van der Waals surface area contributed by atoms with E-state index in [1.807, 2.05) is 0 Å².